The maximum Gasteiger partial charge on any atom is 0.119 e. The molecule has 1 aliphatic carbocycles. The van der Waals surface area contributed by atoms with Crippen molar-refractivity contribution in [2.24, 2.45) is 5.92 Å². The van der Waals surface area contributed by atoms with Gasteiger partial charge in [-0.15, -0.1) is 0 Å². The SMILES string of the molecule is CC1CN(Cc2ccc(OCC3CC3)cc2)CCN1. The average molecular weight is 260 g/mol. The second-order valence-corrected chi connectivity index (χ2v) is 5.99. The largest absolute Gasteiger partial charge is 0.493 e. The Kier molecular flexibility index (Phi) is 4.04. The zero-order valence-corrected chi connectivity index (χ0v) is 11.8. The molecule has 1 N–H and O–H groups in total. The molecule has 1 saturated heterocycles. The molecule has 2 aliphatic rings. The number of rotatable bonds is 5. The molecule has 3 nitrogen and oxygen atoms in total. The molecule has 0 bridgehead atoms. The van der Waals surface area contributed by atoms with E-state index < -0.39 is 0 Å². The molecule has 0 amide bonds. The predicted molar refractivity (Wildman–Crippen MR) is 77.4 cm³/mol. The van der Waals surface area contributed by atoms with E-state index in [1.807, 2.05) is 0 Å². The van der Waals surface area contributed by atoms with E-state index in [2.05, 4.69) is 41.4 Å². The van der Waals surface area contributed by atoms with Crippen LogP contribution < -0.4 is 10.1 Å². The molecule has 3 heteroatoms. The fourth-order valence-electron chi connectivity index (χ4n) is 2.60. The molecule has 1 aromatic carbocycles. The van der Waals surface area contributed by atoms with Gasteiger partial charge in [0.2, 0.25) is 0 Å². The highest BCUT2D eigenvalue weighted by Crippen LogP contribution is 2.29. The molecule has 1 heterocycles. The van der Waals surface area contributed by atoms with Gasteiger partial charge in [-0.2, -0.15) is 0 Å². The fourth-order valence-corrected chi connectivity index (χ4v) is 2.60. The Hall–Kier alpha value is -1.06. The lowest BCUT2D eigenvalue weighted by atomic mass is 10.1. The third-order valence-corrected chi connectivity index (χ3v) is 3.97. The van der Waals surface area contributed by atoms with Gasteiger partial charge in [-0.05, 0) is 43.4 Å². The molecule has 3 rings (SSSR count). The van der Waals surface area contributed by atoms with Crippen LogP contribution in [0.2, 0.25) is 0 Å². The molecule has 104 valence electrons. The van der Waals surface area contributed by atoms with Gasteiger partial charge in [-0.3, -0.25) is 4.90 Å². The quantitative estimate of drug-likeness (QED) is 0.879. The van der Waals surface area contributed by atoms with Gasteiger partial charge in [-0.25, -0.2) is 0 Å². The number of benzene rings is 1. The summed E-state index contributed by atoms with van der Waals surface area (Å²) in [6.07, 6.45) is 2.69. The van der Waals surface area contributed by atoms with Crippen molar-refractivity contribution in [3.63, 3.8) is 0 Å². The molecule has 0 spiro atoms. The van der Waals surface area contributed by atoms with Crippen molar-refractivity contribution < 1.29 is 4.74 Å². The van der Waals surface area contributed by atoms with Crippen LogP contribution in [0.25, 0.3) is 0 Å². The lowest BCUT2D eigenvalue weighted by Gasteiger charge is -2.31. The lowest BCUT2D eigenvalue weighted by molar-refractivity contribution is 0.199. The van der Waals surface area contributed by atoms with Crippen molar-refractivity contribution in [1.29, 1.82) is 0 Å². The van der Waals surface area contributed by atoms with Crippen LogP contribution in [-0.2, 0) is 6.54 Å². The predicted octanol–water partition coefficient (Wildman–Crippen LogP) is 2.27. The van der Waals surface area contributed by atoms with Crippen molar-refractivity contribution in [1.82, 2.24) is 10.2 Å². The minimum atomic E-state index is 0.606. The first-order valence-electron chi connectivity index (χ1n) is 7.47. The van der Waals surface area contributed by atoms with Gasteiger partial charge in [0.05, 0.1) is 6.61 Å². The highest BCUT2D eigenvalue weighted by molar-refractivity contribution is 5.27. The second-order valence-electron chi connectivity index (χ2n) is 5.99. The van der Waals surface area contributed by atoms with E-state index in [0.717, 1.165) is 44.5 Å². The van der Waals surface area contributed by atoms with Crippen LogP contribution in [0.4, 0.5) is 0 Å². The van der Waals surface area contributed by atoms with Crippen molar-refractivity contribution in [3.8, 4) is 5.75 Å². The first-order chi connectivity index (χ1) is 9.29. The third kappa shape index (κ3) is 3.95. The number of piperazine rings is 1. The highest BCUT2D eigenvalue weighted by atomic mass is 16.5. The number of hydrogen-bond acceptors (Lipinski definition) is 3. The van der Waals surface area contributed by atoms with Gasteiger partial charge in [0.15, 0.2) is 0 Å². The molecule has 1 aliphatic heterocycles. The summed E-state index contributed by atoms with van der Waals surface area (Å²) in [4.78, 5) is 2.52. The molecule has 1 saturated carbocycles. The third-order valence-electron chi connectivity index (χ3n) is 3.97. The maximum atomic E-state index is 5.77. The first-order valence-corrected chi connectivity index (χ1v) is 7.47. The van der Waals surface area contributed by atoms with Crippen LogP contribution in [0.1, 0.15) is 25.3 Å². The van der Waals surface area contributed by atoms with Crippen molar-refractivity contribution >= 4 is 0 Å². The van der Waals surface area contributed by atoms with Crippen LogP contribution in [0.5, 0.6) is 5.75 Å². The van der Waals surface area contributed by atoms with Gasteiger partial charge in [0.1, 0.15) is 5.75 Å². The molecule has 0 aromatic heterocycles. The summed E-state index contributed by atoms with van der Waals surface area (Å²) in [6.45, 7) is 7.58. The van der Waals surface area contributed by atoms with Crippen LogP contribution in [0.15, 0.2) is 24.3 Å². The Morgan fingerprint density at radius 1 is 1.26 bits per heavy atom. The smallest absolute Gasteiger partial charge is 0.119 e. The highest BCUT2D eigenvalue weighted by Gasteiger charge is 2.21. The molecular formula is C16H24N2O. The summed E-state index contributed by atoms with van der Waals surface area (Å²) >= 11 is 0. The molecule has 19 heavy (non-hydrogen) atoms. The van der Waals surface area contributed by atoms with Gasteiger partial charge < -0.3 is 10.1 Å². The summed E-state index contributed by atoms with van der Waals surface area (Å²) in [5.41, 5.74) is 1.38. The van der Waals surface area contributed by atoms with Crippen molar-refractivity contribution in [3.05, 3.63) is 29.8 Å². The zero-order valence-electron chi connectivity index (χ0n) is 11.8. The van der Waals surface area contributed by atoms with E-state index in [-0.39, 0.29) is 0 Å². The minimum absolute atomic E-state index is 0.606. The summed E-state index contributed by atoms with van der Waals surface area (Å²) in [5, 5.41) is 3.48. The lowest BCUT2D eigenvalue weighted by Crippen LogP contribution is -2.48. The fraction of sp³-hybridized carbons (Fsp3) is 0.625. The Morgan fingerprint density at radius 3 is 2.74 bits per heavy atom. The normalized spacial score (nSPS) is 24.4. The number of hydrogen-bond donors (Lipinski definition) is 1. The number of nitrogens with zero attached hydrogens (tertiary/aromatic N) is 1. The summed E-state index contributed by atoms with van der Waals surface area (Å²) < 4.78 is 5.77. The second kappa shape index (κ2) is 5.93. The van der Waals surface area contributed by atoms with E-state index >= 15 is 0 Å². The number of ether oxygens (including phenoxy) is 1. The van der Waals surface area contributed by atoms with Crippen molar-refractivity contribution in [2.75, 3.05) is 26.2 Å². The summed E-state index contributed by atoms with van der Waals surface area (Å²) in [7, 11) is 0. The van der Waals surface area contributed by atoms with E-state index in [0.29, 0.717) is 6.04 Å². The zero-order chi connectivity index (χ0) is 13.1. The maximum absolute atomic E-state index is 5.77. The Balaban J connectivity index is 1.50. The molecule has 0 radical (unpaired) electrons. The molecule has 1 atom stereocenters. The minimum Gasteiger partial charge on any atom is -0.493 e. The Morgan fingerprint density at radius 2 is 2.05 bits per heavy atom. The topological polar surface area (TPSA) is 24.5 Å². The first kappa shape index (κ1) is 12.9. The molecule has 2 fully saturated rings. The number of nitrogens with one attached hydrogen (secondary N) is 1. The molecular weight excluding hydrogens is 236 g/mol. The molecule has 1 unspecified atom stereocenters. The van der Waals surface area contributed by atoms with Crippen molar-refractivity contribution in [2.45, 2.75) is 32.4 Å². The van der Waals surface area contributed by atoms with Crippen LogP contribution >= 0.6 is 0 Å². The summed E-state index contributed by atoms with van der Waals surface area (Å²) in [6, 6.07) is 9.24. The van der Waals surface area contributed by atoms with E-state index in [4.69, 9.17) is 4.74 Å². The Bertz CT molecular complexity index is 400. The standard InChI is InChI=1S/C16H24N2O/c1-13-10-18(9-8-17-13)11-14-4-6-16(7-5-14)19-12-15-2-3-15/h4-7,13,15,17H,2-3,8-12H2,1H3. The molecule has 1 aromatic rings. The van der Waals surface area contributed by atoms with Gasteiger partial charge in [0.25, 0.3) is 0 Å². The van der Waals surface area contributed by atoms with Crippen LogP contribution in [0.3, 0.4) is 0 Å². The van der Waals surface area contributed by atoms with Gasteiger partial charge >= 0.3 is 0 Å². The van der Waals surface area contributed by atoms with Crippen LogP contribution in [0, 0.1) is 5.92 Å². The van der Waals surface area contributed by atoms with Crippen LogP contribution in [-0.4, -0.2) is 37.2 Å². The van der Waals surface area contributed by atoms with E-state index in [1.54, 1.807) is 0 Å². The summed E-state index contributed by atoms with van der Waals surface area (Å²) in [5.74, 6) is 1.84. The Labute approximate surface area is 115 Å². The van der Waals surface area contributed by atoms with Gasteiger partial charge in [0, 0.05) is 32.2 Å². The van der Waals surface area contributed by atoms with Gasteiger partial charge in [-0.1, -0.05) is 12.1 Å². The van der Waals surface area contributed by atoms with E-state index in [1.165, 1.54) is 18.4 Å². The van der Waals surface area contributed by atoms with E-state index in [9.17, 15) is 0 Å². The average Bonchev–Trinajstić information content (AvgIpc) is 3.22. The monoisotopic (exact) mass is 260 g/mol.